The van der Waals surface area contributed by atoms with Crippen LogP contribution in [0.1, 0.15) is 25.8 Å². The summed E-state index contributed by atoms with van der Waals surface area (Å²) in [6.45, 7) is 3.55. The molecule has 0 fully saturated rings. The smallest absolute Gasteiger partial charge is 0.302 e. The molecule has 0 amide bonds. The third kappa shape index (κ3) is 2.83. The van der Waals surface area contributed by atoms with E-state index in [0.717, 1.165) is 12.0 Å². The van der Waals surface area contributed by atoms with E-state index >= 15 is 0 Å². The van der Waals surface area contributed by atoms with Crippen molar-refractivity contribution in [2.45, 2.75) is 25.7 Å². The van der Waals surface area contributed by atoms with Crippen molar-refractivity contribution in [2.24, 2.45) is 0 Å². The van der Waals surface area contributed by atoms with Crippen molar-refractivity contribution in [3.8, 4) is 0 Å². The highest BCUT2D eigenvalue weighted by Gasteiger charge is 2.30. The van der Waals surface area contributed by atoms with E-state index < -0.39 is 5.41 Å². The average molecular weight is 222 g/mol. The molecule has 0 heterocycles. The van der Waals surface area contributed by atoms with Crippen molar-refractivity contribution in [1.29, 1.82) is 0 Å². The van der Waals surface area contributed by atoms with E-state index in [1.165, 1.54) is 6.92 Å². The zero-order valence-electron chi connectivity index (χ0n) is 9.77. The molecule has 0 unspecified atom stereocenters. The summed E-state index contributed by atoms with van der Waals surface area (Å²) < 4.78 is 5.04. The number of esters is 1. The monoisotopic (exact) mass is 222 g/mol. The normalized spacial score (nSPS) is 14.2. The molecule has 1 rings (SSSR count). The number of benzene rings is 1. The van der Waals surface area contributed by atoms with Gasteiger partial charge in [0.05, 0.1) is 12.0 Å². The lowest BCUT2D eigenvalue weighted by Crippen LogP contribution is -2.36. The summed E-state index contributed by atoms with van der Waals surface area (Å²) in [6, 6.07) is 9.66. The van der Waals surface area contributed by atoms with Crippen LogP contribution in [0.25, 0.3) is 0 Å². The number of hydrogen-bond donors (Lipinski definition) is 1. The van der Waals surface area contributed by atoms with E-state index in [-0.39, 0.29) is 19.2 Å². The van der Waals surface area contributed by atoms with Gasteiger partial charge in [-0.15, -0.1) is 0 Å². The van der Waals surface area contributed by atoms with Crippen LogP contribution in [-0.2, 0) is 14.9 Å². The molecule has 0 radical (unpaired) electrons. The lowest BCUT2D eigenvalue weighted by atomic mass is 9.79. The second-order valence-corrected chi connectivity index (χ2v) is 3.94. The van der Waals surface area contributed by atoms with Crippen LogP contribution in [0.4, 0.5) is 0 Å². The summed E-state index contributed by atoms with van der Waals surface area (Å²) in [5, 5.41) is 9.55. The minimum Gasteiger partial charge on any atom is -0.465 e. The molecule has 0 aromatic heterocycles. The highest BCUT2D eigenvalue weighted by Crippen LogP contribution is 2.27. The van der Waals surface area contributed by atoms with Crippen LogP contribution >= 0.6 is 0 Å². The largest absolute Gasteiger partial charge is 0.465 e. The second-order valence-electron chi connectivity index (χ2n) is 3.94. The molecule has 0 bridgehead atoms. The molecule has 16 heavy (non-hydrogen) atoms. The fraction of sp³-hybridized carbons (Fsp3) is 0.462. The van der Waals surface area contributed by atoms with Crippen molar-refractivity contribution in [1.82, 2.24) is 0 Å². The van der Waals surface area contributed by atoms with Gasteiger partial charge in [0, 0.05) is 6.92 Å². The maximum atomic E-state index is 10.8. The Morgan fingerprint density at radius 2 is 2.00 bits per heavy atom. The van der Waals surface area contributed by atoms with E-state index in [0.29, 0.717) is 0 Å². The van der Waals surface area contributed by atoms with Gasteiger partial charge in [-0.1, -0.05) is 37.3 Å². The minimum absolute atomic E-state index is 0.0270. The molecule has 1 N–H and O–H groups in total. The zero-order valence-corrected chi connectivity index (χ0v) is 9.77. The summed E-state index contributed by atoms with van der Waals surface area (Å²) in [4.78, 5) is 10.8. The summed E-state index contributed by atoms with van der Waals surface area (Å²) in [5.41, 5.74) is 0.522. The molecule has 1 aromatic carbocycles. The second kappa shape index (κ2) is 5.66. The van der Waals surface area contributed by atoms with Gasteiger partial charge in [-0.3, -0.25) is 4.79 Å². The van der Waals surface area contributed by atoms with Gasteiger partial charge in [-0.05, 0) is 12.0 Å². The summed E-state index contributed by atoms with van der Waals surface area (Å²) in [6.07, 6.45) is 0.723. The van der Waals surface area contributed by atoms with Gasteiger partial charge in [0.2, 0.25) is 0 Å². The first kappa shape index (κ1) is 12.7. The molecule has 0 aliphatic heterocycles. The van der Waals surface area contributed by atoms with E-state index in [1.54, 1.807) is 0 Å². The van der Waals surface area contributed by atoms with Gasteiger partial charge in [0.25, 0.3) is 0 Å². The van der Waals surface area contributed by atoms with Crippen molar-refractivity contribution in [3.05, 3.63) is 35.9 Å². The highest BCUT2D eigenvalue weighted by atomic mass is 16.5. The molecule has 0 saturated carbocycles. The number of aliphatic hydroxyl groups is 1. The first-order valence-corrected chi connectivity index (χ1v) is 5.44. The topological polar surface area (TPSA) is 46.5 Å². The molecule has 0 saturated heterocycles. The van der Waals surface area contributed by atoms with E-state index in [4.69, 9.17) is 4.74 Å². The Bertz CT molecular complexity index is 328. The van der Waals surface area contributed by atoms with Crippen LogP contribution in [0.5, 0.6) is 0 Å². The lowest BCUT2D eigenvalue weighted by molar-refractivity contribution is -0.143. The van der Waals surface area contributed by atoms with Gasteiger partial charge in [0.1, 0.15) is 6.61 Å². The Kier molecular flexibility index (Phi) is 4.50. The number of rotatable bonds is 5. The van der Waals surface area contributed by atoms with Gasteiger partial charge < -0.3 is 9.84 Å². The number of carbonyl (C=O) groups excluding carboxylic acids is 1. The molecular formula is C13H18O3. The fourth-order valence-corrected chi connectivity index (χ4v) is 1.67. The van der Waals surface area contributed by atoms with Crippen LogP contribution in [-0.4, -0.2) is 24.3 Å². The Morgan fingerprint density at radius 1 is 1.38 bits per heavy atom. The standard InChI is InChI=1S/C13H18O3/c1-3-13(9-14,10-16-11(2)15)12-7-5-4-6-8-12/h4-8,14H,3,9-10H2,1-2H3/t13-/m0/s1. The summed E-state index contributed by atoms with van der Waals surface area (Å²) in [5.74, 6) is -0.317. The molecule has 0 spiro atoms. The number of carbonyl (C=O) groups is 1. The number of hydrogen-bond acceptors (Lipinski definition) is 3. The Morgan fingerprint density at radius 3 is 2.44 bits per heavy atom. The van der Waals surface area contributed by atoms with Gasteiger partial charge in [-0.25, -0.2) is 0 Å². The van der Waals surface area contributed by atoms with Gasteiger partial charge in [0.15, 0.2) is 0 Å². The third-order valence-corrected chi connectivity index (χ3v) is 2.92. The van der Waals surface area contributed by atoms with Crippen molar-refractivity contribution < 1.29 is 14.6 Å². The predicted molar refractivity (Wildman–Crippen MR) is 62.1 cm³/mol. The van der Waals surface area contributed by atoms with E-state index in [2.05, 4.69) is 0 Å². The lowest BCUT2D eigenvalue weighted by Gasteiger charge is -2.30. The predicted octanol–water partition coefficient (Wildman–Crippen LogP) is 1.89. The van der Waals surface area contributed by atoms with Crippen LogP contribution in [0.2, 0.25) is 0 Å². The molecule has 1 atom stereocenters. The quantitative estimate of drug-likeness (QED) is 0.774. The first-order valence-electron chi connectivity index (χ1n) is 5.44. The fourth-order valence-electron chi connectivity index (χ4n) is 1.67. The maximum Gasteiger partial charge on any atom is 0.302 e. The zero-order chi connectivity index (χ0) is 12.0. The number of aliphatic hydroxyl groups excluding tert-OH is 1. The number of ether oxygens (including phenoxy) is 1. The summed E-state index contributed by atoms with van der Waals surface area (Å²) in [7, 11) is 0. The molecule has 0 aliphatic rings. The Hall–Kier alpha value is -1.35. The van der Waals surface area contributed by atoms with Crippen LogP contribution in [0, 0.1) is 0 Å². The first-order chi connectivity index (χ1) is 7.64. The minimum atomic E-state index is -0.479. The van der Waals surface area contributed by atoms with Gasteiger partial charge >= 0.3 is 5.97 Å². The van der Waals surface area contributed by atoms with E-state index in [9.17, 15) is 9.90 Å². The molecule has 88 valence electrons. The van der Waals surface area contributed by atoms with Crippen LogP contribution in [0.15, 0.2) is 30.3 Å². The van der Waals surface area contributed by atoms with Crippen molar-refractivity contribution in [2.75, 3.05) is 13.2 Å². The van der Waals surface area contributed by atoms with Crippen LogP contribution < -0.4 is 0 Å². The SMILES string of the molecule is CC[C@](CO)(COC(C)=O)c1ccccc1. The van der Waals surface area contributed by atoms with Crippen LogP contribution in [0.3, 0.4) is 0 Å². The molecular weight excluding hydrogens is 204 g/mol. The van der Waals surface area contributed by atoms with Crippen molar-refractivity contribution >= 4 is 5.97 Å². The third-order valence-electron chi connectivity index (χ3n) is 2.92. The van der Waals surface area contributed by atoms with Crippen molar-refractivity contribution in [3.63, 3.8) is 0 Å². The Balaban J connectivity index is 2.92. The summed E-state index contributed by atoms with van der Waals surface area (Å²) >= 11 is 0. The Labute approximate surface area is 96.1 Å². The molecule has 1 aromatic rings. The molecule has 0 aliphatic carbocycles. The average Bonchev–Trinajstić information content (AvgIpc) is 2.32. The van der Waals surface area contributed by atoms with Gasteiger partial charge in [-0.2, -0.15) is 0 Å². The molecule has 3 heteroatoms. The maximum absolute atomic E-state index is 10.8. The highest BCUT2D eigenvalue weighted by molar-refractivity contribution is 5.66. The molecule has 3 nitrogen and oxygen atoms in total. The van der Waals surface area contributed by atoms with E-state index in [1.807, 2.05) is 37.3 Å².